The van der Waals surface area contributed by atoms with E-state index in [0.717, 1.165) is 12.8 Å². The molecule has 1 aliphatic heterocycles. The molecule has 0 bridgehead atoms. The summed E-state index contributed by atoms with van der Waals surface area (Å²) in [6.45, 7) is 5.47. The van der Waals surface area contributed by atoms with Gasteiger partial charge in [-0.25, -0.2) is 13.8 Å². The molecule has 0 saturated heterocycles. The molecular weight excluding hydrogens is 512 g/mol. The number of aryl methyl sites for hydroxylation is 1. The number of carbonyl (C=O) groups is 2. The van der Waals surface area contributed by atoms with Gasteiger partial charge >= 0.3 is 0 Å². The van der Waals surface area contributed by atoms with E-state index in [-0.39, 0.29) is 27.7 Å². The van der Waals surface area contributed by atoms with Crippen LogP contribution in [0.5, 0.6) is 0 Å². The summed E-state index contributed by atoms with van der Waals surface area (Å²) in [7, 11) is 0. The van der Waals surface area contributed by atoms with Crippen LogP contribution in [-0.4, -0.2) is 21.8 Å². The van der Waals surface area contributed by atoms with Crippen molar-refractivity contribution in [3.63, 3.8) is 0 Å². The van der Waals surface area contributed by atoms with Crippen molar-refractivity contribution in [3.8, 4) is 0 Å². The number of allylic oxidation sites excluding steroid dienone is 2. The molecule has 198 valence electrons. The van der Waals surface area contributed by atoms with E-state index in [4.69, 9.17) is 11.6 Å². The number of aromatic amines is 1. The van der Waals surface area contributed by atoms with Crippen molar-refractivity contribution in [1.82, 2.24) is 15.3 Å². The molecule has 0 unspecified atom stereocenters. The van der Waals surface area contributed by atoms with E-state index in [1.807, 2.05) is 0 Å². The smallest absolute Gasteiger partial charge is 0.254 e. The molecule has 0 spiro atoms. The maximum absolute atomic E-state index is 13.8. The number of benzene rings is 2. The van der Waals surface area contributed by atoms with E-state index in [1.165, 1.54) is 36.4 Å². The van der Waals surface area contributed by atoms with E-state index in [1.54, 1.807) is 26.0 Å². The predicted molar refractivity (Wildman–Crippen MR) is 144 cm³/mol. The van der Waals surface area contributed by atoms with Crippen molar-refractivity contribution >= 4 is 34.8 Å². The molecule has 2 heterocycles. The zero-order valence-corrected chi connectivity index (χ0v) is 22.0. The summed E-state index contributed by atoms with van der Waals surface area (Å²) >= 11 is 6.58. The molecule has 0 fully saturated rings. The number of hydrogen-bond acceptors (Lipinski definition) is 4. The first kappa shape index (κ1) is 27.1. The topological polar surface area (TPSA) is 98.9 Å². The number of anilines is 2. The van der Waals surface area contributed by atoms with Gasteiger partial charge in [-0.15, -0.1) is 0 Å². The Morgan fingerprint density at radius 1 is 0.947 bits per heavy atom. The number of H-pyrrole nitrogens is 1. The number of halogens is 3. The van der Waals surface area contributed by atoms with Gasteiger partial charge in [0.15, 0.2) is 5.15 Å². The highest BCUT2D eigenvalue weighted by Crippen LogP contribution is 2.41. The Balaban J connectivity index is 1.78. The quantitative estimate of drug-likeness (QED) is 0.274. The molecule has 0 saturated carbocycles. The molecule has 10 heteroatoms. The first-order valence-electron chi connectivity index (χ1n) is 12.2. The largest absolute Gasteiger partial charge is 0.362 e. The second-order valence-corrected chi connectivity index (χ2v) is 9.41. The van der Waals surface area contributed by atoms with Crippen molar-refractivity contribution in [1.29, 1.82) is 0 Å². The minimum Gasteiger partial charge on any atom is -0.362 e. The summed E-state index contributed by atoms with van der Waals surface area (Å²) in [6.07, 6.45) is 2.46. The van der Waals surface area contributed by atoms with Crippen molar-refractivity contribution in [2.24, 2.45) is 0 Å². The van der Waals surface area contributed by atoms with Crippen LogP contribution in [0.2, 0.25) is 5.15 Å². The van der Waals surface area contributed by atoms with Crippen LogP contribution in [0.4, 0.5) is 20.2 Å². The second-order valence-electron chi connectivity index (χ2n) is 9.06. The summed E-state index contributed by atoms with van der Waals surface area (Å²) in [6, 6.07) is 11.0. The normalized spacial score (nSPS) is 13.9. The first-order chi connectivity index (χ1) is 18.2. The number of carbonyl (C=O) groups excluding carboxylic acids is 2. The lowest BCUT2D eigenvalue weighted by molar-refractivity contribution is -0.113. The van der Waals surface area contributed by atoms with Gasteiger partial charge in [-0.3, -0.25) is 9.59 Å². The fourth-order valence-electron chi connectivity index (χ4n) is 4.48. The first-order valence-corrected chi connectivity index (χ1v) is 12.6. The molecule has 7 nitrogen and oxygen atoms in total. The highest BCUT2D eigenvalue weighted by Gasteiger charge is 2.39. The van der Waals surface area contributed by atoms with Crippen LogP contribution in [0.1, 0.15) is 51.0 Å². The Labute approximate surface area is 224 Å². The van der Waals surface area contributed by atoms with Gasteiger partial charge in [0.2, 0.25) is 0 Å². The van der Waals surface area contributed by atoms with Crippen molar-refractivity contribution in [2.45, 2.75) is 46.0 Å². The molecule has 2 amide bonds. The summed E-state index contributed by atoms with van der Waals surface area (Å²) in [5.41, 5.74) is 2.28. The number of dihydropyridines is 1. The van der Waals surface area contributed by atoms with Crippen LogP contribution in [0.3, 0.4) is 0 Å². The number of amides is 2. The Hall–Kier alpha value is -3.98. The minimum absolute atomic E-state index is 0.135. The summed E-state index contributed by atoms with van der Waals surface area (Å²) in [4.78, 5) is 34.9. The van der Waals surface area contributed by atoms with Crippen molar-refractivity contribution in [3.05, 3.63) is 99.4 Å². The molecule has 3 aromatic rings. The van der Waals surface area contributed by atoms with Gasteiger partial charge in [-0.05, 0) is 56.7 Å². The Bertz CT molecular complexity index is 1370. The fourth-order valence-corrected chi connectivity index (χ4v) is 4.74. The van der Waals surface area contributed by atoms with E-state index in [0.29, 0.717) is 29.3 Å². The number of aromatic nitrogens is 2. The monoisotopic (exact) mass is 539 g/mol. The lowest BCUT2D eigenvalue weighted by Crippen LogP contribution is -2.35. The molecule has 0 aliphatic carbocycles. The maximum Gasteiger partial charge on any atom is 0.254 e. The number of hydrogen-bond donors (Lipinski definition) is 4. The van der Waals surface area contributed by atoms with Crippen molar-refractivity contribution < 1.29 is 18.4 Å². The lowest BCUT2D eigenvalue weighted by atomic mass is 9.82. The average molecular weight is 540 g/mol. The third kappa shape index (κ3) is 5.94. The lowest BCUT2D eigenvalue weighted by Gasteiger charge is -2.30. The van der Waals surface area contributed by atoms with Crippen LogP contribution in [0.15, 0.2) is 71.1 Å². The summed E-state index contributed by atoms with van der Waals surface area (Å²) in [5.74, 6) is -2.40. The fraction of sp³-hybridized carbons (Fsp3) is 0.250. The minimum atomic E-state index is -0.936. The average Bonchev–Trinajstić information content (AvgIpc) is 3.22. The zero-order valence-electron chi connectivity index (χ0n) is 21.2. The van der Waals surface area contributed by atoms with Crippen LogP contribution in [-0.2, 0) is 16.0 Å². The van der Waals surface area contributed by atoms with Crippen LogP contribution >= 0.6 is 11.6 Å². The highest BCUT2D eigenvalue weighted by molar-refractivity contribution is 6.30. The Morgan fingerprint density at radius 3 is 1.95 bits per heavy atom. The summed E-state index contributed by atoms with van der Waals surface area (Å²) in [5, 5.41) is 8.68. The number of unbranched alkanes of at least 4 members (excludes halogenated alkanes) is 1. The Kier molecular flexibility index (Phi) is 8.26. The third-order valence-electron chi connectivity index (χ3n) is 6.20. The number of nitrogens with one attached hydrogen (secondary N) is 4. The van der Waals surface area contributed by atoms with Crippen LogP contribution < -0.4 is 16.0 Å². The van der Waals surface area contributed by atoms with Gasteiger partial charge in [0.25, 0.3) is 11.8 Å². The molecule has 4 N–H and O–H groups in total. The molecule has 0 atom stereocenters. The number of rotatable bonds is 8. The second kappa shape index (κ2) is 11.6. The molecule has 0 radical (unpaired) electrons. The van der Waals surface area contributed by atoms with E-state index in [9.17, 15) is 18.4 Å². The number of imidazole rings is 1. The molecule has 1 aromatic heterocycles. The maximum atomic E-state index is 13.8. The van der Waals surface area contributed by atoms with Gasteiger partial charge in [-0.1, -0.05) is 37.1 Å². The summed E-state index contributed by atoms with van der Waals surface area (Å²) < 4.78 is 27.6. The Morgan fingerprint density at radius 2 is 1.47 bits per heavy atom. The van der Waals surface area contributed by atoms with E-state index in [2.05, 4.69) is 32.8 Å². The SMILES string of the molecule is CCCCc1nc(Cl)c(C2C(C(=O)Nc3cccc(F)c3)=C(C)NC(C)=C2C(=O)Nc2cccc(F)c2)[nH]1. The highest BCUT2D eigenvalue weighted by atomic mass is 35.5. The molecular formula is C28H28ClF2N5O2. The predicted octanol–water partition coefficient (Wildman–Crippen LogP) is 6.20. The van der Waals surface area contributed by atoms with Gasteiger partial charge in [-0.2, -0.15) is 0 Å². The standard InChI is InChI=1S/C28H28ClF2N5O2/c1-4-5-12-21-35-25(26(29)36-21)24-22(27(37)33-19-10-6-8-17(30)13-19)15(2)32-16(3)23(24)28(38)34-20-11-7-9-18(31)14-20/h6-11,13-14,24,32H,4-5,12H2,1-3H3,(H,33,37)(H,34,38)(H,35,36). The number of nitrogens with zero attached hydrogens (tertiary/aromatic N) is 1. The molecule has 4 rings (SSSR count). The van der Waals surface area contributed by atoms with Crippen LogP contribution in [0, 0.1) is 11.6 Å². The van der Waals surface area contributed by atoms with Crippen molar-refractivity contribution in [2.75, 3.05) is 10.6 Å². The van der Waals surface area contributed by atoms with Gasteiger partial charge in [0, 0.05) is 40.3 Å². The van der Waals surface area contributed by atoms with Gasteiger partial charge < -0.3 is 20.9 Å². The van der Waals surface area contributed by atoms with Gasteiger partial charge in [0.05, 0.1) is 11.6 Å². The zero-order chi connectivity index (χ0) is 27.4. The molecule has 38 heavy (non-hydrogen) atoms. The van der Waals surface area contributed by atoms with E-state index >= 15 is 0 Å². The molecule has 1 aliphatic rings. The molecule has 2 aromatic carbocycles. The van der Waals surface area contributed by atoms with Crippen LogP contribution in [0.25, 0.3) is 0 Å². The van der Waals surface area contributed by atoms with Gasteiger partial charge in [0.1, 0.15) is 17.5 Å². The van der Waals surface area contributed by atoms with E-state index < -0.39 is 29.4 Å². The third-order valence-corrected chi connectivity index (χ3v) is 6.49.